The average Bonchev–Trinajstić information content (AvgIpc) is 2.65. The third kappa shape index (κ3) is 4.69. The molecule has 0 radical (unpaired) electrons. The second-order valence-corrected chi connectivity index (χ2v) is 10.9. The lowest BCUT2D eigenvalue weighted by Gasteiger charge is -2.36. The summed E-state index contributed by atoms with van der Waals surface area (Å²) >= 11 is 0. The minimum atomic E-state index is -3.54. The molecule has 0 atom stereocenters. The number of carbonyl (C=O) groups is 1. The van der Waals surface area contributed by atoms with E-state index in [0.29, 0.717) is 30.8 Å². The summed E-state index contributed by atoms with van der Waals surface area (Å²) in [7, 11) is -1.88. The average molecular weight is 409 g/mol. The number of likely N-dealkylation sites (tertiary alicyclic amines) is 1. The van der Waals surface area contributed by atoms with E-state index in [0.717, 1.165) is 19.3 Å². The number of piperidine rings is 1. The van der Waals surface area contributed by atoms with Gasteiger partial charge in [-0.05, 0) is 82.6 Å². The van der Waals surface area contributed by atoms with Crippen molar-refractivity contribution < 1.29 is 17.9 Å². The highest BCUT2D eigenvalue weighted by Crippen LogP contribution is 2.28. The number of benzene rings is 1. The van der Waals surface area contributed by atoms with Gasteiger partial charge in [0.2, 0.25) is 10.0 Å². The van der Waals surface area contributed by atoms with Crippen LogP contribution in [0.5, 0.6) is 0 Å². The fourth-order valence-corrected chi connectivity index (χ4v) is 5.44. The van der Waals surface area contributed by atoms with E-state index in [1.54, 1.807) is 18.0 Å². The molecule has 0 N–H and O–H groups in total. The van der Waals surface area contributed by atoms with Gasteiger partial charge < -0.3 is 9.64 Å². The first-order valence-corrected chi connectivity index (χ1v) is 11.6. The number of amides is 1. The molecule has 1 amide bonds. The van der Waals surface area contributed by atoms with E-state index in [9.17, 15) is 13.2 Å². The second kappa shape index (κ2) is 8.03. The van der Waals surface area contributed by atoms with Crippen LogP contribution in [0, 0.1) is 0 Å². The zero-order valence-electron chi connectivity index (χ0n) is 17.4. The third-order valence-electron chi connectivity index (χ3n) is 5.63. The minimum Gasteiger partial charge on any atom is -0.444 e. The molecule has 1 saturated heterocycles. The second-order valence-electron chi connectivity index (χ2n) is 8.86. The summed E-state index contributed by atoms with van der Waals surface area (Å²) in [5, 5.41) is 0. The van der Waals surface area contributed by atoms with Crippen molar-refractivity contribution in [2.75, 3.05) is 20.1 Å². The van der Waals surface area contributed by atoms with Gasteiger partial charge in [-0.15, -0.1) is 0 Å². The minimum absolute atomic E-state index is 0.111. The van der Waals surface area contributed by atoms with Gasteiger partial charge in [-0.2, -0.15) is 4.31 Å². The molecule has 3 rings (SSSR count). The van der Waals surface area contributed by atoms with Gasteiger partial charge in [0.25, 0.3) is 0 Å². The van der Waals surface area contributed by atoms with Crippen LogP contribution in [0.15, 0.2) is 23.1 Å². The highest BCUT2D eigenvalue weighted by Gasteiger charge is 2.33. The highest BCUT2D eigenvalue weighted by molar-refractivity contribution is 7.89. The maximum absolute atomic E-state index is 13.1. The summed E-state index contributed by atoms with van der Waals surface area (Å²) in [6.07, 6.45) is 5.18. The van der Waals surface area contributed by atoms with Crippen molar-refractivity contribution in [2.45, 2.75) is 75.8 Å². The molecule has 1 heterocycles. The fraction of sp³-hybridized carbons (Fsp3) is 0.667. The van der Waals surface area contributed by atoms with E-state index in [2.05, 4.69) is 0 Å². The Morgan fingerprint density at radius 3 is 2.32 bits per heavy atom. The molecule has 7 heteroatoms. The van der Waals surface area contributed by atoms with Gasteiger partial charge in [-0.3, -0.25) is 0 Å². The van der Waals surface area contributed by atoms with E-state index < -0.39 is 15.6 Å². The molecule has 0 aromatic heterocycles. The van der Waals surface area contributed by atoms with Crippen molar-refractivity contribution in [3.8, 4) is 0 Å². The predicted octanol–water partition coefficient (Wildman–Crippen LogP) is 3.59. The lowest BCUT2D eigenvalue weighted by Crippen LogP contribution is -2.48. The molecule has 156 valence electrons. The Bertz CT molecular complexity index is 821. The largest absolute Gasteiger partial charge is 0.444 e. The zero-order chi connectivity index (χ0) is 20.5. The van der Waals surface area contributed by atoms with Crippen LogP contribution in [0.3, 0.4) is 0 Å². The monoisotopic (exact) mass is 408 g/mol. The fourth-order valence-electron chi connectivity index (χ4n) is 3.97. The van der Waals surface area contributed by atoms with E-state index in [1.165, 1.54) is 21.9 Å². The molecule has 1 fully saturated rings. The number of hydrogen-bond acceptors (Lipinski definition) is 4. The summed E-state index contributed by atoms with van der Waals surface area (Å²) in [5.41, 5.74) is 1.92. The lowest BCUT2D eigenvalue weighted by atomic mass is 9.92. The SMILES string of the molecule is CN(C1CCN(C(=O)OC(C)(C)C)CC1)S(=O)(=O)c1ccc2c(c1)CCCC2. The van der Waals surface area contributed by atoms with E-state index in [4.69, 9.17) is 4.74 Å². The number of hydrogen-bond donors (Lipinski definition) is 0. The van der Waals surface area contributed by atoms with Gasteiger partial charge in [-0.1, -0.05) is 6.07 Å². The summed E-state index contributed by atoms with van der Waals surface area (Å²) < 4.78 is 33.2. The van der Waals surface area contributed by atoms with E-state index >= 15 is 0 Å². The number of ether oxygens (including phenoxy) is 1. The number of aryl methyl sites for hydroxylation is 2. The standard InChI is InChI=1S/C21H32N2O4S/c1-21(2,3)27-20(24)23-13-11-18(12-14-23)22(4)28(25,26)19-10-9-16-7-5-6-8-17(16)15-19/h9-10,15,18H,5-8,11-14H2,1-4H3. The topological polar surface area (TPSA) is 66.9 Å². The number of rotatable bonds is 3. The van der Waals surface area contributed by atoms with Crippen LogP contribution in [0.25, 0.3) is 0 Å². The molecule has 0 unspecified atom stereocenters. The number of sulfonamides is 1. The molecule has 28 heavy (non-hydrogen) atoms. The van der Waals surface area contributed by atoms with Crippen LogP contribution >= 0.6 is 0 Å². The van der Waals surface area contributed by atoms with Crippen molar-refractivity contribution in [3.05, 3.63) is 29.3 Å². The van der Waals surface area contributed by atoms with Crippen molar-refractivity contribution in [3.63, 3.8) is 0 Å². The Morgan fingerprint density at radius 2 is 1.71 bits per heavy atom. The predicted molar refractivity (Wildman–Crippen MR) is 109 cm³/mol. The quantitative estimate of drug-likeness (QED) is 0.767. The van der Waals surface area contributed by atoms with Crippen molar-refractivity contribution >= 4 is 16.1 Å². The smallest absolute Gasteiger partial charge is 0.410 e. The van der Waals surface area contributed by atoms with Gasteiger partial charge in [0.15, 0.2) is 0 Å². The maximum Gasteiger partial charge on any atom is 0.410 e. The zero-order valence-corrected chi connectivity index (χ0v) is 18.2. The first-order chi connectivity index (χ1) is 13.1. The number of carbonyl (C=O) groups excluding carboxylic acids is 1. The van der Waals surface area contributed by atoms with Crippen molar-refractivity contribution in [2.24, 2.45) is 0 Å². The molecule has 0 spiro atoms. The van der Waals surface area contributed by atoms with Crippen molar-refractivity contribution in [1.82, 2.24) is 9.21 Å². The van der Waals surface area contributed by atoms with Gasteiger partial charge in [0.1, 0.15) is 5.60 Å². The Hall–Kier alpha value is -1.60. The van der Waals surface area contributed by atoms with Crippen LogP contribution in [0.2, 0.25) is 0 Å². The van der Waals surface area contributed by atoms with Crippen LogP contribution < -0.4 is 0 Å². The molecule has 2 aliphatic rings. The molecular formula is C21H32N2O4S. The van der Waals surface area contributed by atoms with Crippen LogP contribution in [-0.2, 0) is 27.6 Å². The molecular weight excluding hydrogens is 376 g/mol. The van der Waals surface area contributed by atoms with E-state index in [-0.39, 0.29) is 12.1 Å². The first-order valence-electron chi connectivity index (χ1n) is 10.2. The Kier molecular flexibility index (Phi) is 6.05. The van der Waals surface area contributed by atoms with Crippen molar-refractivity contribution in [1.29, 1.82) is 0 Å². The first kappa shape index (κ1) is 21.1. The lowest BCUT2D eigenvalue weighted by molar-refractivity contribution is 0.0183. The maximum atomic E-state index is 13.1. The van der Waals surface area contributed by atoms with Crippen LogP contribution in [0.4, 0.5) is 4.79 Å². The van der Waals surface area contributed by atoms with Crippen LogP contribution in [0.1, 0.15) is 57.6 Å². The molecule has 0 saturated carbocycles. The summed E-state index contributed by atoms with van der Waals surface area (Å²) in [6.45, 7) is 6.54. The van der Waals surface area contributed by atoms with Gasteiger partial charge in [0, 0.05) is 26.2 Å². The third-order valence-corrected chi connectivity index (χ3v) is 7.53. The normalized spacial score (nSPS) is 18.8. The number of nitrogens with zero attached hydrogens (tertiary/aromatic N) is 2. The molecule has 1 aliphatic heterocycles. The summed E-state index contributed by atoms with van der Waals surface area (Å²) in [4.78, 5) is 14.3. The number of fused-ring (bicyclic) bond motifs is 1. The Balaban J connectivity index is 1.66. The molecule has 1 aromatic rings. The van der Waals surface area contributed by atoms with Gasteiger partial charge in [-0.25, -0.2) is 13.2 Å². The van der Waals surface area contributed by atoms with Gasteiger partial charge >= 0.3 is 6.09 Å². The molecule has 0 bridgehead atoms. The van der Waals surface area contributed by atoms with E-state index in [1.807, 2.05) is 32.9 Å². The summed E-state index contributed by atoms with van der Waals surface area (Å²) in [6, 6.07) is 5.46. The Morgan fingerprint density at radius 1 is 1.11 bits per heavy atom. The molecule has 1 aliphatic carbocycles. The highest BCUT2D eigenvalue weighted by atomic mass is 32.2. The molecule has 6 nitrogen and oxygen atoms in total. The Labute approximate surface area is 168 Å². The van der Waals surface area contributed by atoms with Crippen LogP contribution in [-0.4, -0.2) is 55.5 Å². The molecule has 1 aromatic carbocycles. The summed E-state index contributed by atoms with van der Waals surface area (Å²) in [5.74, 6) is 0. The van der Waals surface area contributed by atoms with Gasteiger partial charge in [0.05, 0.1) is 4.90 Å².